The lowest BCUT2D eigenvalue weighted by molar-refractivity contribution is 0.721. The summed E-state index contributed by atoms with van der Waals surface area (Å²) in [6.07, 6.45) is 0. The van der Waals surface area contributed by atoms with Crippen molar-refractivity contribution in [2.24, 2.45) is 0 Å². The Hall–Kier alpha value is -2.77. The Labute approximate surface area is 163 Å². The van der Waals surface area contributed by atoms with Crippen molar-refractivity contribution in [2.75, 3.05) is 0 Å². The molecular weight excluding hydrogens is 344 g/mol. The first-order valence-corrected chi connectivity index (χ1v) is 10.2. The quantitative estimate of drug-likeness (QED) is 0.285. The first-order chi connectivity index (χ1) is 13.3. The summed E-state index contributed by atoms with van der Waals surface area (Å²) in [5.74, 6) is 0. The van der Waals surface area contributed by atoms with Gasteiger partial charge in [0.05, 0.1) is 5.41 Å². The Bertz CT molecular complexity index is 1170. The van der Waals surface area contributed by atoms with Crippen molar-refractivity contribution in [2.45, 2.75) is 22.1 Å². The van der Waals surface area contributed by atoms with Gasteiger partial charge in [0, 0.05) is 9.79 Å². The van der Waals surface area contributed by atoms with Crippen molar-refractivity contribution in [3.8, 4) is 11.1 Å². The fraction of sp³-hybridized carbons (Fsp3) is 0.0769. The number of aryl methyl sites for hydroxylation is 1. The zero-order chi connectivity index (χ0) is 18.0. The first-order valence-electron chi connectivity index (χ1n) is 9.38. The van der Waals surface area contributed by atoms with E-state index < -0.39 is 0 Å². The number of fused-ring (bicyclic) bond motifs is 9. The molecule has 0 atom stereocenters. The molecule has 0 aromatic heterocycles. The molecule has 0 bridgehead atoms. The van der Waals surface area contributed by atoms with E-state index in [9.17, 15) is 0 Å². The summed E-state index contributed by atoms with van der Waals surface area (Å²) in [6, 6.07) is 33.8. The van der Waals surface area contributed by atoms with E-state index in [2.05, 4.69) is 97.9 Å². The van der Waals surface area contributed by atoms with Crippen LogP contribution >= 0.6 is 11.8 Å². The molecule has 1 heteroatoms. The highest BCUT2D eigenvalue weighted by molar-refractivity contribution is 7.99. The molecule has 0 saturated carbocycles. The normalized spacial score (nSPS) is 15.0. The Morgan fingerprint density at radius 1 is 0.556 bits per heavy atom. The van der Waals surface area contributed by atoms with E-state index >= 15 is 0 Å². The van der Waals surface area contributed by atoms with E-state index in [1.54, 1.807) is 0 Å². The lowest BCUT2D eigenvalue weighted by Gasteiger charge is -2.39. The fourth-order valence-corrected chi connectivity index (χ4v) is 6.16. The topological polar surface area (TPSA) is 0 Å². The molecule has 1 heterocycles. The zero-order valence-electron chi connectivity index (χ0n) is 15.1. The van der Waals surface area contributed by atoms with Crippen molar-refractivity contribution in [1.29, 1.82) is 0 Å². The van der Waals surface area contributed by atoms with Gasteiger partial charge in [0.15, 0.2) is 0 Å². The smallest absolute Gasteiger partial charge is 0.0735 e. The van der Waals surface area contributed by atoms with Crippen LogP contribution in [-0.4, -0.2) is 0 Å². The van der Waals surface area contributed by atoms with Crippen LogP contribution in [0.5, 0.6) is 0 Å². The summed E-state index contributed by atoms with van der Waals surface area (Å²) in [5.41, 5.74) is 9.47. The molecule has 1 aliphatic heterocycles. The Balaban J connectivity index is 1.87. The second-order valence-electron chi connectivity index (χ2n) is 7.44. The molecule has 4 aromatic rings. The van der Waals surface area contributed by atoms with Crippen molar-refractivity contribution in [1.82, 2.24) is 0 Å². The summed E-state index contributed by atoms with van der Waals surface area (Å²) < 4.78 is 0. The number of rotatable bonds is 0. The molecule has 2 aliphatic rings. The molecule has 0 unspecified atom stereocenters. The van der Waals surface area contributed by atoms with Crippen LogP contribution in [0.1, 0.15) is 27.8 Å². The van der Waals surface area contributed by atoms with Gasteiger partial charge in [0.25, 0.3) is 0 Å². The van der Waals surface area contributed by atoms with E-state index in [0.29, 0.717) is 0 Å². The molecular formula is C26H18S. The third-order valence-electron chi connectivity index (χ3n) is 6.00. The van der Waals surface area contributed by atoms with Gasteiger partial charge < -0.3 is 0 Å². The van der Waals surface area contributed by atoms with Gasteiger partial charge in [-0.1, -0.05) is 96.2 Å². The summed E-state index contributed by atoms with van der Waals surface area (Å²) >= 11 is 1.90. The van der Waals surface area contributed by atoms with Crippen molar-refractivity contribution >= 4 is 11.8 Å². The largest absolute Gasteiger partial charge is 0.0894 e. The zero-order valence-corrected chi connectivity index (χ0v) is 15.9. The molecule has 1 aliphatic carbocycles. The van der Waals surface area contributed by atoms with E-state index in [1.807, 2.05) is 11.8 Å². The van der Waals surface area contributed by atoms with Crippen molar-refractivity contribution < 1.29 is 0 Å². The molecule has 0 fully saturated rings. The standard InChI is InChI=1S/C26H18S/c1-17-14-15-19-18-8-2-3-9-20(18)26(23(19)16-17)21-10-4-6-12-24(21)27-25-13-7-5-11-22(25)26/h2-16H,1H3. The Morgan fingerprint density at radius 3 is 1.81 bits per heavy atom. The van der Waals surface area contributed by atoms with Gasteiger partial charge in [-0.25, -0.2) is 0 Å². The molecule has 0 amide bonds. The van der Waals surface area contributed by atoms with Gasteiger partial charge in [-0.05, 0) is 52.4 Å². The summed E-state index contributed by atoms with van der Waals surface area (Å²) in [5, 5.41) is 0. The van der Waals surface area contributed by atoms with Crippen LogP contribution < -0.4 is 0 Å². The van der Waals surface area contributed by atoms with Gasteiger partial charge in [-0.3, -0.25) is 0 Å². The SMILES string of the molecule is Cc1ccc2c(c1)C1(c3ccccc3Sc3ccccc31)c1ccccc1-2. The lowest BCUT2D eigenvalue weighted by atomic mass is 9.67. The second-order valence-corrected chi connectivity index (χ2v) is 8.52. The third kappa shape index (κ3) is 1.85. The van der Waals surface area contributed by atoms with E-state index in [-0.39, 0.29) is 5.41 Å². The van der Waals surface area contributed by atoms with Crippen LogP contribution in [-0.2, 0) is 5.41 Å². The fourth-order valence-electron chi connectivity index (χ4n) is 4.97. The molecule has 0 N–H and O–H groups in total. The van der Waals surface area contributed by atoms with Crippen LogP contribution in [0.4, 0.5) is 0 Å². The Kier molecular flexibility index (Phi) is 3.04. The van der Waals surface area contributed by atoms with Gasteiger partial charge >= 0.3 is 0 Å². The minimum absolute atomic E-state index is 0.226. The van der Waals surface area contributed by atoms with Crippen molar-refractivity contribution in [3.05, 3.63) is 119 Å². The van der Waals surface area contributed by atoms with Crippen LogP contribution in [0, 0.1) is 6.92 Å². The third-order valence-corrected chi connectivity index (χ3v) is 7.15. The summed E-state index contributed by atoms with van der Waals surface area (Å²) in [6.45, 7) is 2.20. The van der Waals surface area contributed by atoms with Crippen LogP contribution in [0.25, 0.3) is 11.1 Å². The van der Waals surface area contributed by atoms with Crippen LogP contribution in [0.2, 0.25) is 0 Å². The van der Waals surface area contributed by atoms with Gasteiger partial charge in [-0.2, -0.15) is 0 Å². The minimum Gasteiger partial charge on any atom is -0.0894 e. The second kappa shape index (κ2) is 5.37. The van der Waals surface area contributed by atoms with Crippen LogP contribution in [0.15, 0.2) is 101 Å². The van der Waals surface area contributed by atoms with Gasteiger partial charge in [0.2, 0.25) is 0 Å². The molecule has 6 rings (SSSR count). The Morgan fingerprint density at radius 2 is 1.11 bits per heavy atom. The predicted octanol–water partition coefficient (Wildman–Crippen LogP) is 6.82. The molecule has 0 radical (unpaired) electrons. The van der Waals surface area contributed by atoms with Gasteiger partial charge in [0.1, 0.15) is 0 Å². The molecule has 1 spiro atoms. The maximum atomic E-state index is 2.40. The molecule has 0 saturated heterocycles. The highest BCUT2D eigenvalue weighted by atomic mass is 32.2. The van der Waals surface area contributed by atoms with Crippen LogP contribution in [0.3, 0.4) is 0 Å². The van der Waals surface area contributed by atoms with E-state index in [0.717, 1.165) is 0 Å². The maximum absolute atomic E-state index is 2.40. The average molecular weight is 362 g/mol. The molecule has 4 aromatic carbocycles. The predicted molar refractivity (Wildman–Crippen MR) is 113 cm³/mol. The average Bonchev–Trinajstić information content (AvgIpc) is 2.99. The monoisotopic (exact) mass is 362 g/mol. The summed E-state index contributed by atoms with van der Waals surface area (Å²) in [7, 11) is 0. The first kappa shape index (κ1) is 15.3. The highest BCUT2D eigenvalue weighted by Crippen LogP contribution is 2.61. The lowest BCUT2D eigenvalue weighted by Crippen LogP contribution is -2.31. The minimum atomic E-state index is -0.226. The maximum Gasteiger partial charge on any atom is 0.0735 e. The highest BCUT2D eigenvalue weighted by Gasteiger charge is 2.49. The van der Waals surface area contributed by atoms with E-state index in [1.165, 1.54) is 48.7 Å². The summed E-state index contributed by atoms with van der Waals surface area (Å²) in [4.78, 5) is 2.72. The number of hydrogen-bond acceptors (Lipinski definition) is 1. The van der Waals surface area contributed by atoms with Gasteiger partial charge in [-0.15, -0.1) is 0 Å². The number of hydrogen-bond donors (Lipinski definition) is 0. The number of benzene rings is 4. The molecule has 128 valence electrons. The van der Waals surface area contributed by atoms with E-state index in [4.69, 9.17) is 0 Å². The van der Waals surface area contributed by atoms with Crippen molar-refractivity contribution in [3.63, 3.8) is 0 Å². The molecule has 27 heavy (non-hydrogen) atoms. The molecule has 0 nitrogen and oxygen atoms in total.